The Morgan fingerprint density at radius 2 is 1.94 bits per heavy atom. The molecule has 1 N–H and O–H groups in total. The Morgan fingerprint density at radius 1 is 1.19 bits per heavy atom. The highest BCUT2D eigenvalue weighted by molar-refractivity contribution is 5.35. The number of nitrogens with zero attached hydrogens (tertiary/aromatic N) is 2. The van der Waals surface area contributed by atoms with Gasteiger partial charge >= 0.3 is 0 Å². The van der Waals surface area contributed by atoms with Crippen molar-refractivity contribution in [3.05, 3.63) is 53.7 Å². The highest BCUT2D eigenvalue weighted by atomic mass is 19.1. The standard InChI is InChI=1S/C12H12FN3/c1-9-6-12(16-8-15-9)14-7-10-2-4-11(13)5-3-10/h2-6,8H,7H2,1H3,(H,14,15,16). The summed E-state index contributed by atoms with van der Waals surface area (Å²) in [6.45, 7) is 2.53. The van der Waals surface area contributed by atoms with Gasteiger partial charge in [-0.05, 0) is 24.6 Å². The molecule has 82 valence electrons. The topological polar surface area (TPSA) is 37.8 Å². The molecule has 0 amide bonds. The number of anilines is 1. The summed E-state index contributed by atoms with van der Waals surface area (Å²) in [5.41, 5.74) is 1.93. The highest BCUT2D eigenvalue weighted by Crippen LogP contribution is 2.07. The fourth-order valence-corrected chi connectivity index (χ4v) is 1.35. The molecule has 16 heavy (non-hydrogen) atoms. The van der Waals surface area contributed by atoms with Crippen molar-refractivity contribution in [2.45, 2.75) is 13.5 Å². The van der Waals surface area contributed by atoms with Crippen LogP contribution in [-0.4, -0.2) is 9.97 Å². The maximum atomic E-state index is 12.7. The van der Waals surface area contributed by atoms with E-state index in [-0.39, 0.29) is 5.82 Å². The molecule has 0 unspecified atom stereocenters. The van der Waals surface area contributed by atoms with Gasteiger partial charge in [-0.3, -0.25) is 0 Å². The molecule has 0 bridgehead atoms. The van der Waals surface area contributed by atoms with E-state index >= 15 is 0 Å². The van der Waals surface area contributed by atoms with Crippen LogP contribution in [0, 0.1) is 12.7 Å². The lowest BCUT2D eigenvalue weighted by Crippen LogP contribution is -2.02. The Balaban J connectivity index is 1.99. The summed E-state index contributed by atoms with van der Waals surface area (Å²) in [7, 11) is 0. The number of aromatic nitrogens is 2. The van der Waals surface area contributed by atoms with Gasteiger partial charge in [0.25, 0.3) is 0 Å². The Bertz CT molecular complexity index is 468. The van der Waals surface area contributed by atoms with Crippen LogP contribution in [0.4, 0.5) is 10.2 Å². The molecule has 3 nitrogen and oxygen atoms in total. The number of halogens is 1. The predicted octanol–water partition coefficient (Wildman–Crippen LogP) is 2.54. The van der Waals surface area contributed by atoms with E-state index in [1.165, 1.54) is 18.5 Å². The first kappa shape index (κ1) is 10.5. The third-order valence-electron chi connectivity index (χ3n) is 2.19. The molecule has 0 spiro atoms. The number of hydrogen-bond donors (Lipinski definition) is 1. The van der Waals surface area contributed by atoms with Gasteiger partial charge in [0.2, 0.25) is 0 Å². The third kappa shape index (κ3) is 2.76. The van der Waals surface area contributed by atoms with Gasteiger partial charge in [-0.15, -0.1) is 0 Å². The largest absolute Gasteiger partial charge is 0.366 e. The second-order valence-corrected chi connectivity index (χ2v) is 3.52. The van der Waals surface area contributed by atoms with Crippen LogP contribution in [0.3, 0.4) is 0 Å². The smallest absolute Gasteiger partial charge is 0.129 e. The lowest BCUT2D eigenvalue weighted by molar-refractivity contribution is 0.627. The van der Waals surface area contributed by atoms with Crippen molar-refractivity contribution in [3.63, 3.8) is 0 Å². The summed E-state index contributed by atoms with van der Waals surface area (Å²) in [6.07, 6.45) is 1.52. The summed E-state index contributed by atoms with van der Waals surface area (Å²) >= 11 is 0. The molecule has 0 fully saturated rings. The van der Waals surface area contributed by atoms with E-state index in [0.717, 1.165) is 17.1 Å². The van der Waals surface area contributed by atoms with E-state index in [2.05, 4.69) is 15.3 Å². The molecule has 0 aliphatic rings. The average molecular weight is 217 g/mol. The summed E-state index contributed by atoms with van der Waals surface area (Å²) in [6, 6.07) is 8.25. The van der Waals surface area contributed by atoms with E-state index in [9.17, 15) is 4.39 Å². The molecule has 0 saturated heterocycles. The predicted molar refractivity (Wildman–Crippen MR) is 60.5 cm³/mol. The molecule has 0 atom stereocenters. The minimum absolute atomic E-state index is 0.221. The zero-order chi connectivity index (χ0) is 11.4. The van der Waals surface area contributed by atoms with Crippen molar-refractivity contribution < 1.29 is 4.39 Å². The summed E-state index contributed by atoms with van der Waals surface area (Å²) in [4.78, 5) is 8.08. The lowest BCUT2D eigenvalue weighted by Gasteiger charge is -2.05. The first-order valence-electron chi connectivity index (χ1n) is 5.01. The fraction of sp³-hybridized carbons (Fsp3) is 0.167. The van der Waals surface area contributed by atoms with Gasteiger partial charge in [0.15, 0.2) is 0 Å². The van der Waals surface area contributed by atoms with Crippen LogP contribution >= 0.6 is 0 Å². The van der Waals surface area contributed by atoms with Crippen LogP contribution in [0.15, 0.2) is 36.7 Å². The van der Waals surface area contributed by atoms with E-state index in [1.54, 1.807) is 12.1 Å². The maximum absolute atomic E-state index is 12.7. The minimum atomic E-state index is -0.221. The van der Waals surface area contributed by atoms with Crippen molar-refractivity contribution in [1.82, 2.24) is 9.97 Å². The normalized spacial score (nSPS) is 10.1. The van der Waals surface area contributed by atoms with Crippen LogP contribution in [0.25, 0.3) is 0 Å². The van der Waals surface area contributed by atoms with Gasteiger partial charge in [-0.1, -0.05) is 12.1 Å². The molecule has 0 radical (unpaired) electrons. The molecule has 0 saturated carbocycles. The summed E-state index contributed by atoms with van der Waals surface area (Å²) < 4.78 is 12.7. The van der Waals surface area contributed by atoms with Crippen molar-refractivity contribution >= 4 is 5.82 Å². The van der Waals surface area contributed by atoms with Crippen LogP contribution in [0.2, 0.25) is 0 Å². The van der Waals surface area contributed by atoms with Crippen molar-refractivity contribution in [3.8, 4) is 0 Å². The van der Waals surface area contributed by atoms with Crippen molar-refractivity contribution in [2.75, 3.05) is 5.32 Å². The van der Waals surface area contributed by atoms with Crippen LogP contribution < -0.4 is 5.32 Å². The first-order valence-corrected chi connectivity index (χ1v) is 5.01. The van der Waals surface area contributed by atoms with Gasteiger partial charge < -0.3 is 5.32 Å². The Kier molecular flexibility index (Phi) is 3.10. The zero-order valence-corrected chi connectivity index (χ0v) is 8.94. The van der Waals surface area contributed by atoms with E-state index in [0.29, 0.717) is 6.54 Å². The molecule has 1 aromatic carbocycles. The van der Waals surface area contributed by atoms with E-state index in [4.69, 9.17) is 0 Å². The van der Waals surface area contributed by atoms with Gasteiger partial charge in [0, 0.05) is 18.3 Å². The summed E-state index contributed by atoms with van der Waals surface area (Å²) in [5, 5.41) is 3.15. The Morgan fingerprint density at radius 3 is 2.62 bits per heavy atom. The molecular formula is C12H12FN3. The monoisotopic (exact) mass is 217 g/mol. The van der Waals surface area contributed by atoms with E-state index in [1.807, 2.05) is 13.0 Å². The maximum Gasteiger partial charge on any atom is 0.129 e. The minimum Gasteiger partial charge on any atom is -0.366 e. The van der Waals surface area contributed by atoms with Crippen LogP contribution in [0.5, 0.6) is 0 Å². The molecule has 0 aliphatic heterocycles. The van der Waals surface area contributed by atoms with Gasteiger partial charge in [0.1, 0.15) is 18.0 Å². The number of aryl methyl sites for hydroxylation is 1. The van der Waals surface area contributed by atoms with Crippen LogP contribution in [0.1, 0.15) is 11.3 Å². The Hall–Kier alpha value is -1.97. The second kappa shape index (κ2) is 4.70. The number of nitrogens with one attached hydrogen (secondary N) is 1. The molecular weight excluding hydrogens is 205 g/mol. The quantitative estimate of drug-likeness (QED) is 0.858. The average Bonchev–Trinajstić information content (AvgIpc) is 2.28. The van der Waals surface area contributed by atoms with Crippen molar-refractivity contribution in [2.24, 2.45) is 0 Å². The fourth-order valence-electron chi connectivity index (χ4n) is 1.35. The second-order valence-electron chi connectivity index (χ2n) is 3.52. The molecule has 1 heterocycles. The number of benzene rings is 1. The van der Waals surface area contributed by atoms with E-state index < -0.39 is 0 Å². The molecule has 0 aliphatic carbocycles. The lowest BCUT2D eigenvalue weighted by atomic mass is 10.2. The molecule has 4 heteroatoms. The molecule has 1 aromatic heterocycles. The summed E-state index contributed by atoms with van der Waals surface area (Å²) in [5.74, 6) is 0.554. The zero-order valence-electron chi connectivity index (χ0n) is 8.94. The van der Waals surface area contributed by atoms with Gasteiger partial charge in [0.05, 0.1) is 0 Å². The molecule has 2 aromatic rings. The molecule has 2 rings (SSSR count). The van der Waals surface area contributed by atoms with Crippen LogP contribution in [-0.2, 0) is 6.54 Å². The number of hydrogen-bond acceptors (Lipinski definition) is 3. The third-order valence-corrected chi connectivity index (χ3v) is 2.19. The Labute approximate surface area is 93.4 Å². The van der Waals surface area contributed by atoms with Gasteiger partial charge in [-0.25, -0.2) is 14.4 Å². The highest BCUT2D eigenvalue weighted by Gasteiger charge is 1.96. The SMILES string of the molecule is Cc1cc(NCc2ccc(F)cc2)ncn1. The van der Waals surface area contributed by atoms with Gasteiger partial charge in [-0.2, -0.15) is 0 Å². The first-order chi connectivity index (χ1) is 7.74. The van der Waals surface area contributed by atoms with Crippen molar-refractivity contribution in [1.29, 1.82) is 0 Å². The number of rotatable bonds is 3.